The SMILES string of the molecule is CCC/C=C\C/C=C\CCCCCCCC(=O)OCCCCC/C=C\CCCCCCCC(=O)NC(CO)C(O)CCCCCCCCCCCCCCCCCCC. The summed E-state index contributed by atoms with van der Waals surface area (Å²) in [4.78, 5) is 24.4. The topological polar surface area (TPSA) is 95.9 Å². The van der Waals surface area contributed by atoms with E-state index in [1.165, 1.54) is 141 Å². The number of unbranched alkanes of at least 4 members (excludes halogenated alkanes) is 30. The third kappa shape index (κ3) is 45.4. The third-order valence-corrected chi connectivity index (χ3v) is 11.6. The molecule has 0 aliphatic rings. The summed E-state index contributed by atoms with van der Waals surface area (Å²) in [6.45, 7) is 4.82. The molecule has 6 heteroatoms. The fourth-order valence-corrected chi connectivity index (χ4v) is 7.67. The molecule has 0 aliphatic carbocycles. The molecule has 2 unspecified atom stereocenters. The van der Waals surface area contributed by atoms with Gasteiger partial charge in [-0.2, -0.15) is 0 Å². The van der Waals surface area contributed by atoms with Crippen LogP contribution in [0.25, 0.3) is 0 Å². The van der Waals surface area contributed by atoms with E-state index in [-0.39, 0.29) is 18.5 Å². The van der Waals surface area contributed by atoms with E-state index >= 15 is 0 Å². The number of aliphatic hydroxyl groups excluding tert-OH is 2. The first-order valence-electron chi connectivity index (χ1n) is 25.7. The fraction of sp³-hybridized carbons (Fsp3) is 0.849. The zero-order chi connectivity index (χ0) is 43.0. The maximum atomic E-state index is 12.5. The molecule has 0 saturated carbocycles. The van der Waals surface area contributed by atoms with Crippen molar-refractivity contribution in [1.82, 2.24) is 5.32 Å². The molecule has 3 N–H and O–H groups in total. The Morgan fingerprint density at radius 2 is 0.881 bits per heavy atom. The number of carbonyl (C=O) groups excluding carboxylic acids is 2. The molecule has 0 rings (SSSR count). The second-order valence-electron chi connectivity index (χ2n) is 17.5. The summed E-state index contributed by atoms with van der Waals surface area (Å²) in [7, 11) is 0. The highest BCUT2D eigenvalue weighted by Gasteiger charge is 2.20. The van der Waals surface area contributed by atoms with Gasteiger partial charge in [-0.15, -0.1) is 0 Å². The van der Waals surface area contributed by atoms with E-state index in [1.807, 2.05) is 0 Å². The molecule has 0 saturated heterocycles. The van der Waals surface area contributed by atoms with Crippen molar-refractivity contribution in [3.8, 4) is 0 Å². The predicted octanol–water partition coefficient (Wildman–Crippen LogP) is 15.3. The lowest BCUT2D eigenvalue weighted by Crippen LogP contribution is -2.45. The Kier molecular flexibility index (Phi) is 47.2. The van der Waals surface area contributed by atoms with Gasteiger partial charge in [-0.25, -0.2) is 0 Å². The Hall–Kier alpha value is -1.92. The van der Waals surface area contributed by atoms with Crippen molar-refractivity contribution in [3.05, 3.63) is 36.5 Å². The minimum absolute atomic E-state index is 0.0384. The molecule has 0 aliphatic heterocycles. The van der Waals surface area contributed by atoms with Gasteiger partial charge < -0.3 is 20.3 Å². The number of hydrogen-bond acceptors (Lipinski definition) is 5. The Morgan fingerprint density at radius 3 is 1.37 bits per heavy atom. The molecule has 2 atom stereocenters. The summed E-state index contributed by atoms with van der Waals surface area (Å²) in [5, 5.41) is 23.2. The van der Waals surface area contributed by atoms with Gasteiger partial charge in [-0.1, -0.05) is 204 Å². The number of amides is 1. The van der Waals surface area contributed by atoms with Crippen LogP contribution >= 0.6 is 0 Å². The number of aliphatic hydroxyl groups is 2. The normalized spacial score (nSPS) is 12.9. The second kappa shape index (κ2) is 48.7. The summed E-state index contributed by atoms with van der Waals surface area (Å²) >= 11 is 0. The van der Waals surface area contributed by atoms with E-state index in [1.54, 1.807) is 0 Å². The number of nitrogens with one attached hydrogen (secondary N) is 1. The maximum absolute atomic E-state index is 12.5. The van der Waals surface area contributed by atoms with Crippen LogP contribution in [0, 0.1) is 0 Å². The molecule has 59 heavy (non-hydrogen) atoms. The van der Waals surface area contributed by atoms with Crippen LogP contribution in [0.1, 0.15) is 264 Å². The minimum atomic E-state index is -0.681. The van der Waals surface area contributed by atoms with E-state index in [0.717, 1.165) is 89.9 Å². The van der Waals surface area contributed by atoms with Crippen LogP contribution in [0.3, 0.4) is 0 Å². The summed E-state index contributed by atoms with van der Waals surface area (Å²) in [6, 6.07) is -0.561. The van der Waals surface area contributed by atoms with Crippen molar-refractivity contribution in [3.63, 3.8) is 0 Å². The molecule has 0 spiro atoms. The van der Waals surface area contributed by atoms with Crippen LogP contribution in [-0.2, 0) is 14.3 Å². The van der Waals surface area contributed by atoms with Crippen LogP contribution in [-0.4, -0.2) is 47.4 Å². The van der Waals surface area contributed by atoms with Crippen molar-refractivity contribution < 1.29 is 24.5 Å². The fourth-order valence-electron chi connectivity index (χ4n) is 7.67. The highest BCUT2D eigenvalue weighted by atomic mass is 16.5. The van der Waals surface area contributed by atoms with E-state index < -0.39 is 12.1 Å². The highest BCUT2D eigenvalue weighted by Crippen LogP contribution is 2.16. The van der Waals surface area contributed by atoms with Gasteiger partial charge >= 0.3 is 5.97 Å². The second-order valence-corrected chi connectivity index (χ2v) is 17.5. The van der Waals surface area contributed by atoms with E-state index in [0.29, 0.717) is 25.9 Å². The monoisotopic (exact) mass is 830 g/mol. The molecule has 346 valence electrons. The molecule has 0 aromatic rings. The van der Waals surface area contributed by atoms with Crippen molar-refractivity contribution >= 4 is 11.9 Å². The Morgan fingerprint density at radius 1 is 0.475 bits per heavy atom. The number of esters is 1. The largest absolute Gasteiger partial charge is 0.466 e. The molecule has 0 fully saturated rings. The summed E-state index contributed by atoms with van der Waals surface area (Å²) < 4.78 is 5.43. The number of rotatable bonds is 47. The molecule has 0 aromatic heterocycles. The number of ether oxygens (including phenoxy) is 1. The van der Waals surface area contributed by atoms with Gasteiger partial charge in [0.2, 0.25) is 5.91 Å². The number of allylic oxidation sites excluding steroid dienone is 6. The first-order valence-corrected chi connectivity index (χ1v) is 25.7. The van der Waals surface area contributed by atoms with Gasteiger partial charge in [0, 0.05) is 12.8 Å². The van der Waals surface area contributed by atoms with Crippen LogP contribution in [0.15, 0.2) is 36.5 Å². The first kappa shape index (κ1) is 57.1. The molecule has 0 radical (unpaired) electrons. The Labute approximate surface area is 366 Å². The summed E-state index contributed by atoms with van der Waals surface area (Å²) in [6.07, 6.45) is 58.2. The lowest BCUT2D eigenvalue weighted by atomic mass is 10.0. The quantitative estimate of drug-likeness (QED) is 0.0323. The predicted molar refractivity (Wildman–Crippen MR) is 255 cm³/mol. The lowest BCUT2D eigenvalue weighted by Gasteiger charge is -2.22. The van der Waals surface area contributed by atoms with E-state index in [4.69, 9.17) is 4.74 Å². The molecule has 1 amide bonds. The number of hydrogen-bond donors (Lipinski definition) is 3. The third-order valence-electron chi connectivity index (χ3n) is 11.6. The van der Waals surface area contributed by atoms with Gasteiger partial charge in [0.25, 0.3) is 0 Å². The van der Waals surface area contributed by atoms with Crippen molar-refractivity contribution in [2.75, 3.05) is 13.2 Å². The highest BCUT2D eigenvalue weighted by molar-refractivity contribution is 5.76. The van der Waals surface area contributed by atoms with Gasteiger partial charge in [-0.3, -0.25) is 9.59 Å². The van der Waals surface area contributed by atoms with Crippen LogP contribution in [0.5, 0.6) is 0 Å². The van der Waals surface area contributed by atoms with E-state index in [9.17, 15) is 19.8 Å². The standard InChI is InChI=1S/C53H99NO5/c1-3-5-7-9-11-13-15-17-18-19-20-22-25-29-33-37-41-45-51(56)50(49-55)54-52(57)46-42-38-34-30-26-23-24-28-32-36-40-44-48-59-53(58)47-43-39-35-31-27-21-16-14-12-10-8-6-4-2/h8,10,14,16,24,28,50-51,55-56H,3-7,9,11-13,15,17-23,25-27,29-49H2,1-2H3,(H,54,57)/b10-8-,16-14-,28-24-. The summed E-state index contributed by atoms with van der Waals surface area (Å²) in [5.74, 6) is -0.0998. The maximum Gasteiger partial charge on any atom is 0.305 e. The smallest absolute Gasteiger partial charge is 0.305 e. The van der Waals surface area contributed by atoms with Gasteiger partial charge in [-0.05, 0) is 83.5 Å². The average Bonchev–Trinajstić information content (AvgIpc) is 3.24. The number of carbonyl (C=O) groups is 2. The molecular weight excluding hydrogens is 731 g/mol. The Bertz CT molecular complexity index is 962. The van der Waals surface area contributed by atoms with Crippen LogP contribution in [0.4, 0.5) is 0 Å². The molecular formula is C53H99NO5. The van der Waals surface area contributed by atoms with Gasteiger partial charge in [0.15, 0.2) is 0 Å². The molecule has 6 nitrogen and oxygen atoms in total. The lowest BCUT2D eigenvalue weighted by molar-refractivity contribution is -0.143. The van der Waals surface area contributed by atoms with Crippen molar-refractivity contribution in [2.45, 2.75) is 276 Å². The first-order chi connectivity index (χ1) is 29.0. The van der Waals surface area contributed by atoms with Crippen molar-refractivity contribution in [1.29, 1.82) is 0 Å². The van der Waals surface area contributed by atoms with E-state index in [2.05, 4.69) is 55.6 Å². The van der Waals surface area contributed by atoms with Crippen LogP contribution < -0.4 is 5.32 Å². The molecule has 0 heterocycles. The summed E-state index contributed by atoms with van der Waals surface area (Å²) in [5.41, 5.74) is 0. The van der Waals surface area contributed by atoms with Gasteiger partial charge in [0.05, 0.1) is 25.4 Å². The van der Waals surface area contributed by atoms with Crippen LogP contribution in [0.2, 0.25) is 0 Å². The van der Waals surface area contributed by atoms with Crippen molar-refractivity contribution in [2.24, 2.45) is 0 Å². The minimum Gasteiger partial charge on any atom is -0.466 e. The Balaban J connectivity index is 3.53. The zero-order valence-corrected chi connectivity index (χ0v) is 39.2. The molecule has 0 aromatic carbocycles. The average molecular weight is 830 g/mol. The molecule has 0 bridgehead atoms. The zero-order valence-electron chi connectivity index (χ0n) is 39.2. The van der Waals surface area contributed by atoms with Gasteiger partial charge in [0.1, 0.15) is 0 Å².